The molecule has 0 aliphatic carbocycles. The van der Waals surface area contributed by atoms with Crippen LogP contribution in [0.15, 0.2) is 60.8 Å². The topological polar surface area (TPSA) is 71.1 Å². The van der Waals surface area contributed by atoms with E-state index in [0.29, 0.717) is 23.4 Å². The molecule has 0 bridgehead atoms. The molecule has 2 N–H and O–H groups in total. The minimum absolute atomic E-state index is 0.164. The van der Waals surface area contributed by atoms with Gasteiger partial charge in [-0.15, -0.1) is 0 Å². The van der Waals surface area contributed by atoms with Crippen molar-refractivity contribution in [2.45, 2.75) is 6.92 Å². The Morgan fingerprint density at radius 2 is 1.83 bits per heavy atom. The standard InChI is InChI=1S/C19H17N3O2/c1-2-20-18(23)13-6-3-7-14(12-13)22-19(24)16-8-4-10-17-15(16)9-5-11-21-17/h3-12H,2H2,1H3,(H,20,23)(H,22,24). The predicted octanol–water partition coefficient (Wildman–Crippen LogP) is 3.24. The number of rotatable bonds is 4. The van der Waals surface area contributed by atoms with Gasteiger partial charge in [-0.3, -0.25) is 14.6 Å². The first-order valence-corrected chi connectivity index (χ1v) is 7.72. The fraction of sp³-hybridized carbons (Fsp3) is 0.105. The highest BCUT2D eigenvalue weighted by molar-refractivity contribution is 6.12. The number of carbonyl (C=O) groups is 2. The fourth-order valence-corrected chi connectivity index (χ4v) is 2.50. The number of fused-ring (bicyclic) bond motifs is 1. The Morgan fingerprint density at radius 3 is 2.67 bits per heavy atom. The Kier molecular flexibility index (Phi) is 4.52. The molecule has 3 rings (SSSR count). The number of nitrogens with zero attached hydrogens (tertiary/aromatic N) is 1. The second-order valence-electron chi connectivity index (χ2n) is 5.27. The second kappa shape index (κ2) is 6.91. The van der Waals surface area contributed by atoms with E-state index in [2.05, 4.69) is 15.6 Å². The molecule has 1 heterocycles. The van der Waals surface area contributed by atoms with Crippen molar-refractivity contribution >= 4 is 28.4 Å². The molecule has 0 unspecified atom stereocenters. The summed E-state index contributed by atoms with van der Waals surface area (Å²) in [6, 6.07) is 15.9. The van der Waals surface area contributed by atoms with Gasteiger partial charge in [0, 0.05) is 34.9 Å². The normalized spacial score (nSPS) is 10.4. The lowest BCUT2D eigenvalue weighted by Crippen LogP contribution is -2.22. The quantitative estimate of drug-likeness (QED) is 0.775. The van der Waals surface area contributed by atoms with Crippen LogP contribution < -0.4 is 10.6 Å². The van der Waals surface area contributed by atoms with Gasteiger partial charge in [-0.1, -0.05) is 18.2 Å². The molecule has 0 saturated heterocycles. The smallest absolute Gasteiger partial charge is 0.256 e. The second-order valence-corrected chi connectivity index (χ2v) is 5.27. The van der Waals surface area contributed by atoms with E-state index in [1.807, 2.05) is 19.1 Å². The number of anilines is 1. The highest BCUT2D eigenvalue weighted by atomic mass is 16.2. The Morgan fingerprint density at radius 1 is 1.00 bits per heavy atom. The molecule has 0 radical (unpaired) electrons. The minimum Gasteiger partial charge on any atom is -0.352 e. The molecule has 2 amide bonds. The molecule has 0 saturated carbocycles. The number of carbonyl (C=O) groups excluding carboxylic acids is 2. The Hall–Kier alpha value is -3.21. The van der Waals surface area contributed by atoms with Gasteiger partial charge in [-0.25, -0.2) is 0 Å². The van der Waals surface area contributed by atoms with Gasteiger partial charge in [0.25, 0.3) is 11.8 Å². The predicted molar refractivity (Wildman–Crippen MR) is 94.1 cm³/mol. The molecule has 0 fully saturated rings. The molecule has 5 heteroatoms. The summed E-state index contributed by atoms with van der Waals surface area (Å²) in [5, 5.41) is 6.37. The number of benzene rings is 2. The third kappa shape index (κ3) is 3.25. The maximum atomic E-state index is 12.6. The maximum absolute atomic E-state index is 12.6. The number of amides is 2. The lowest BCUT2D eigenvalue weighted by atomic mass is 10.1. The molecule has 0 atom stereocenters. The van der Waals surface area contributed by atoms with Crippen LogP contribution in [0, 0.1) is 0 Å². The summed E-state index contributed by atoms with van der Waals surface area (Å²) >= 11 is 0. The zero-order valence-electron chi connectivity index (χ0n) is 13.2. The summed E-state index contributed by atoms with van der Waals surface area (Å²) in [6.07, 6.45) is 1.69. The molecule has 1 aromatic heterocycles. The number of hydrogen-bond donors (Lipinski definition) is 2. The molecule has 0 spiro atoms. The van der Waals surface area contributed by atoms with Crippen LogP contribution in [0.1, 0.15) is 27.6 Å². The molecule has 120 valence electrons. The van der Waals surface area contributed by atoms with Crippen molar-refractivity contribution in [3.05, 3.63) is 71.9 Å². The van der Waals surface area contributed by atoms with Gasteiger partial charge in [0.2, 0.25) is 0 Å². The van der Waals surface area contributed by atoms with Crippen LogP contribution in [0.2, 0.25) is 0 Å². The van der Waals surface area contributed by atoms with E-state index >= 15 is 0 Å². The van der Waals surface area contributed by atoms with E-state index in [0.717, 1.165) is 10.9 Å². The first kappa shape index (κ1) is 15.7. The van der Waals surface area contributed by atoms with Crippen molar-refractivity contribution < 1.29 is 9.59 Å². The van der Waals surface area contributed by atoms with Gasteiger partial charge in [0.1, 0.15) is 0 Å². The SMILES string of the molecule is CCNC(=O)c1cccc(NC(=O)c2cccc3ncccc23)c1. The van der Waals surface area contributed by atoms with E-state index in [-0.39, 0.29) is 11.8 Å². The Bertz CT molecular complexity index is 901. The molecular formula is C19H17N3O2. The number of nitrogens with one attached hydrogen (secondary N) is 2. The number of hydrogen-bond acceptors (Lipinski definition) is 3. The first-order chi connectivity index (χ1) is 11.7. The first-order valence-electron chi connectivity index (χ1n) is 7.72. The van der Waals surface area contributed by atoms with Crippen molar-refractivity contribution in [1.29, 1.82) is 0 Å². The van der Waals surface area contributed by atoms with Crippen LogP contribution in [-0.2, 0) is 0 Å². The molecule has 0 aliphatic heterocycles. The van der Waals surface area contributed by atoms with Crippen molar-refractivity contribution in [1.82, 2.24) is 10.3 Å². The lowest BCUT2D eigenvalue weighted by Gasteiger charge is -2.09. The van der Waals surface area contributed by atoms with Gasteiger partial charge >= 0.3 is 0 Å². The van der Waals surface area contributed by atoms with Crippen LogP contribution in [0.25, 0.3) is 10.9 Å². The van der Waals surface area contributed by atoms with Gasteiger partial charge in [-0.2, -0.15) is 0 Å². The van der Waals surface area contributed by atoms with Crippen LogP contribution in [-0.4, -0.2) is 23.3 Å². The number of aromatic nitrogens is 1. The zero-order chi connectivity index (χ0) is 16.9. The van der Waals surface area contributed by atoms with Crippen LogP contribution in [0.3, 0.4) is 0 Å². The van der Waals surface area contributed by atoms with Gasteiger partial charge in [0.05, 0.1) is 5.52 Å². The van der Waals surface area contributed by atoms with E-state index in [9.17, 15) is 9.59 Å². The van der Waals surface area contributed by atoms with E-state index in [4.69, 9.17) is 0 Å². The summed E-state index contributed by atoms with van der Waals surface area (Å²) < 4.78 is 0. The Balaban J connectivity index is 1.87. The highest BCUT2D eigenvalue weighted by Crippen LogP contribution is 2.18. The van der Waals surface area contributed by atoms with Gasteiger partial charge in [0.15, 0.2) is 0 Å². The monoisotopic (exact) mass is 319 g/mol. The fourth-order valence-electron chi connectivity index (χ4n) is 2.50. The van der Waals surface area contributed by atoms with Crippen LogP contribution in [0.4, 0.5) is 5.69 Å². The van der Waals surface area contributed by atoms with Crippen LogP contribution in [0.5, 0.6) is 0 Å². The lowest BCUT2D eigenvalue weighted by molar-refractivity contribution is 0.0954. The minimum atomic E-state index is -0.235. The van der Waals surface area contributed by atoms with E-state index < -0.39 is 0 Å². The molecule has 5 nitrogen and oxygen atoms in total. The zero-order valence-corrected chi connectivity index (χ0v) is 13.2. The average Bonchev–Trinajstić information content (AvgIpc) is 2.61. The largest absolute Gasteiger partial charge is 0.352 e. The average molecular weight is 319 g/mol. The summed E-state index contributed by atoms with van der Waals surface area (Å²) in [5.41, 5.74) is 2.39. The summed E-state index contributed by atoms with van der Waals surface area (Å²) in [7, 11) is 0. The van der Waals surface area contributed by atoms with E-state index in [1.165, 1.54) is 0 Å². The van der Waals surface area contributed by atoms with Crippen molar-refractivity contribution in [3.8, 4) is 0 Å². The summed E-state index contributed by atoms with van der Waals surface area (Å²) in [5.74, 6) is -0.399. The van der Waals surface area contributed by atoms with E-state index in [1.54, 1.807) is 48.7 Å². The van der Waals surface area contributed by atoms with Gasteiger partial charge < -0.3 is 10.6 Å². The van der Waals surface area contributed by atoms with Crippen molar-refractivity contribution in [2.24, 2.45) is 0 Å². The third-order valence-corrected chi connectivity index (χ3v) is 3.61. The maximum Gasteiger partial charge on any atom is 0.256 e. The highest BCUT2D eigenvalue weighted by Gasteiger charge is 2.11. The molecule has 24 heavy (non-hydrogen) atoms. The molecule has 2 aromatic carbocycles. The summed E-state index contributed by atoms with van der Waals surface area (Å²) in [6.45, 7) is 2.41. The number of pyridine rings is 1. The van der Waals surface area contributed by atoms with Crippen molar-refractivity contribution in [3.63, 3.8) is 0 Å². The molecule has 0 aliphatic rings. The molecule has 3 aromatic rings. The Labute approximate surface area is 139 Å². The van der Waals surface area contributed by atoms with Crippen molar-refractivity contribution in [2.75, 3.05) is 11.9 Å². The molecular weight excluding hydrogens is 302 g/mol. The van der Waals surface area contributed by atoms with Gasteiger partial charge in [-0.05, 0) is 43.3 Å². The summed E-state index contributed by atoms with van der Waals surface area (Å²) in [4.78, 5) is 28.7. The third-order valence-electron chi connectivity index (χ3n) is 3.61. The van der Waals surface area contributed by atoms with Crippen LogP contribution >= 0.6 is 0 Å².